The zero-order valence-electron chi connectivity index (χ0n) is 15.3. The van der Waals surface area contributed by atoms with Gasteiger partial charge in [-0.05, 0) is 37.4 Å². The van der Waals surface area contributed by atoms with Crippen molar-refractivity contribution in [1.29, 1.82) is 0 Å². The zero-order chi connectivity index (χ0) is 20.1. The maximum atomic E-state index is 13.5. The number of carbonyl (C=O) groups is 1. The Morgan fingerprint density at radius 3 is 2.90 bits per heavy atom. The molecule has 3 aromatic heterocycles. The smallest absolute Gasteiger partial charge is 0.341 e. The van der Waals surface area contributed by atoms with Crippen molar-refractivity contribution in [2.24, 2.45) is 5.92 Å². The first-order valence-electron chi connectivity index (χ1n) is 9.40. The van der Waals surface area contributed by atoms with E-state index in [2.05, 4.69) is 20.2 Å². The molecule has 0 unspecified atom stereocenters. The number of piperidine rings is 1. The molecule has 0 radical (unpaired) electrons. The molecule has 2 atom stereocenters. The molecule has 5 rings (SSSR count). The Labute approximate surface area is 168 Å². The van der Waals surface area contributed by atoms with Crippen LogP contribution in [0, 0.1) is 11.9 Å². The predicted octanol–water partition coefficient (Wildman–Crippen LogP) is 1.87. The molecule has 3 aromatic rings. The summed E-state index contributed by atoms with van der Waals surface area (Å²) in [4.78, 5) is 34.8. The first kappa shape index (κ1) is 18.2. The Bertz CT molecular complexity index is 1160. The molecule has 29 heavy (non-hydrogen) atoms. The lowest BCUT2D eigenvalue weighted by atomic mass is 9.94. The summed E-state index contributed by atoms with van der Waals surface area (Å²) < 4.78 is 14.9. The number of halogens is 1. The van der Waals surface area contributed by atoms with Gasteiger partial charge in [0.2, 0.25) is 11.4 Å². The summed E-state index contributed by atoms with van der Waals surface area (Å²) in [5.41, 5.74) is -0.745. The molecular weight excluding hydrogens is 397 g/mol. The van der Waals surface area contributed by atoms with E-state index in [1.807, 2.05) is 0 Å². The fourth-order valence-electron chi connectivity index (χ4n) is 4.26. The fraction of sp³-hybridized carbons (Fsp3) is 0.368. The predicted molar refractivity (Wildman–Crippen MR) is 107 cm³/mol. The fourth-order valence-corrected chi connectivity index (χ4v) is 4.91. The van der Waals surface area contributed by atoms with E-state index in [0.29, 0.717) is 17.8 Å². The number of aromatic carboxylic acids is 1. The minimum atomic E-state index is -1.35. The van der Waals surface area contributed by atoms with Gasteiger partial charge >= 0.3 is 5.97 Å². The molecule has 0 bridgehead atoms. The van der Waals surface area contributed by atoms with Crippen LogP contribution in [0.4, 0.5) is 10.2 Å². The molecule has 2 aliphatic rings. The summed E-state index contributed by atoms with van der Waals surface area (Å²) in [7, 11) is 0. The molecule has 150 valence electrons. The molecule has 2 fully saturated rings. The summed E-state index contributed by atoms with van der Waals surface area (Å²) in [6.07, 6.45) is 3.51. The lowest BCUT2D eigenvalue weighted by molar-refractivity contribution is 0.0695. The Morgan fingerprint density at radius 2 is 2.17 bits per heavy atom. The van der Waals surface area contributed by atoms with Crippen LogP contribution in [0.15, 0.2) is 28.5 Å². The highest BCUT2D eigenvalue weighted by Crippen LogP contribution is 2.29. The van der Waals surface area contributed by atoms with Gasteiger partial charge in [-0.3, -0.25) is 9.36 Å². The van der Waals surface area contributed by atoms with Crippen molar-refractivity contribution in [2.75, 3.05) is 24.5 Å². The summed E-state index contributed by atoms with van der Waals surface area (Å²) in [6.45, 7) is 2.72. The first-order chi connectivity index (χ1) is 14.0. The van der Waals surface area contributed by atoms with Crippen molar-refractivity contribution in [3.63, 3.8) is 0 Å². The number of anilines is 1. The molecule has 0 saturated carbocycles. The molecule has 2 saturated heterocycles. The standard InChI is InChI=1S/C19H18FN5O3S/c20-14-9-29-19(22-14)25-7-12(18(27)28)16(26)11-3-4-15(23-17(11)25)24-6-10-2-1-5-21-13(10)8-24/h3-4,7,9-10,13,21H,1-2,5-6,8H2,(H,27,28)/t10-,13+/m0/s1. The van der Waals surface area contributed by atoms with Crippen molar-refractivity contribution >= 4 is 34.2 Å². The van der Waals surface area contributed by atoms with Crippen LogP contribution in [0.1, 0.15) is 23.2 Å². The van der Waals surface area contributed by atoms with Crippen LogP contribution in [0.2, 0.25) is 0 Å². The number of carboxylic acids is 1. The number of hydrogen-bond acceptors (Lipinski definition) is 7. The van der Waals surface area contributed by atoms with Gasteiger partial charge in [-0.25, -0.2) is 9.78 Å². The van der Waals surface area contributed by atoms with Crippen LogP contribution in [-0.4, -0.2) is 51.3 Å². The number of nitrogens with zero attached hydrogens (tertiary/aromatic N) is 4. The third kappa shape index (κ3) is 3.08. The molecule has 10 heteroatoms. The van der Waals surface area contributed by atoms with Crippen LogP contribution in [0.5, 0.6) is 0 Å². The van der Waals surface area contributed by atoms with Gasteiger partial charge in [0.25, 0.3) is 0 Å². The van der Waals surface area contributed by atoms with Crippen LogP contribution < -0.4 is 15.6 Å². The number of hydrogen-bond donors (Lipinski definition) is 2. The summed E-state index contributed by atoms with van der Waals surface area (Å²) in [5.74, 6) is -0.742. The van der Waals surface area contributed by atoms with Gasteiger partial charge < -0.3 is 15.3 Å². The molecular formula is C19H18FN5O3S. The largest absolute Gasteiger partial charge is 0.477 e. The molecule has 0 spiro atoms. The van der Waals surface area contributed by atoms with Gasteiger partial charge in [0.15, 0.2) is 10.8 Å². The van der Waals surface area contributed by atoms with E-state index in [1.165, 1.54) is 22.6 Å². The Morgan fingerprint density at radius 1 is 1.31 bits per heavy atom. The number of carboxylic acid groups (broad SMARTS) is 1. The summed E-state index contributed by atoms with van der Waals surface area (Å²) in [6, 6.07) is 3.77. The minimum Gasteiger partial charge on any atom is -0.477 e. The molecule has 0 aliphatic carbocycles. The van der Waals surface area contributed by atoms with Crippen LogP contribution in [0.25, 0.3) is 16.2 Å². The summed E-state index contributed by atoms with van der Waals surface area (Å²) in [5, 5.41) is 14.6. The van der Waals surface area contributed by atoms with Crippen molar-refractivity contribution in [2.45, 2.75) is 18.9 Å². The van der Waals surface area contributed by atoms with Crippen molar-refractivity contribution in [3.8, 4) is 5.13 Å². The second-order valence-electron chi connectivity index (χ2n) is 7.41. The monoisotopic (exact) mass is 415 g/mol. The van der Waals surface area contributed by atoms with E-state index in [1.54, 1.807) is 12.1 Å². The van der Waals surface area contributed by atoms with Crippen LogP contribution in [0.3, 0.4) is 0 Å². The minimum absolute atomic E-state index is 0.166. The first-order valence-corrected chi connectivity index (χ1v) is 10.3. The molecule has 2 aliphatic heterocycles. The van der Waals surface area contributed by atoms with Crippen LogP contribution >= 0.6 is 11.3 Å². The third-order valence-electron chi connectivity index (χ3n) is 5.66. The Balaban J connectivity index is 1.65. The maximum Gasteiger partial charge on any atom is 0.341 e. The number of nitrogens with one attached hydrogen (secondary N) is 1. The Kier molecular flexibility index (Phi) is 4.32. The highest BCUT2D eigenvalue weighted by Gasteiger charge is 2.35. The highest BCUT2D eigenvalue weighted by molar-refractivity contribution is 7.12. The lowest BCUT2D eigenvalue weighted by Crippen LogP contribution is -2.40. The topological polar surface area (TPSA) is 100 Å². The molecule has 5 heterocycles. The molecule has 2 N–H and O–H groups in total. The molecule has 0 aromatic carbocycles. The van der Waals surface area contributed by atoms with E-state index in [-0.39, 0.29) is 16.2 Å². The van der Waals surface area contributed by atoms with Crippen molar-refractivity contribution in [3.05, 3.63) is 45.4 Å². The van der Waals surface area contributed by atoms with Gasteiger partial charge in [-0.2, -0.15) is 9.37 Å². The van der Waals surface area contributed by atoms with Gasteiger partial charge in [0, 0.05) is 30.7 Å². The van der Waals surface area contributed by atoms with E-state index >= 15 is 0 Å². The van der Waals surface area contributed by atoms with E-state index in [9.17, 15) is 19.1 Å². The number of fused-ring (bicyclic) bond motifs is 2. The average Bonchev–Trinajstić information content (AvgIpc) is 3.34. The summed E-state index contributed by atoms with van der Waals surface area (Å²) >= 11 is 1.02. The van der Waals surface area contributed by atoms with Crippen LogP contribution in [-0.2, 0) is 0 Å². The normalized spacial score (nSPS) is 21.5. The maximum absolute atomic E-state index is 13.5. The average molecular weight is 415 g/mol. The van der Waals surface area contributed by atoms with E-state index < -0.39 is 22.9 Å². The van der Waals surface area contributed by atoms with E-state index in [4.69, 9.17) is 0 Å². The number of pyridine rings is 2. The van der Waals surface area contributed by atoms with Gasteiger partial charge in [-0.15, -0.1) is 11.3 Å². The molecule has 0 amide bonds. The SMILES string of the molecule is O=C(O)c1cn(-c2nc(F)cs2)c2nc(N3C[C@@H]4CCCN[C@@H]4C3)ccc2c1=O. The second kappa shape index (κ2) is 6.89. The highest BCUT2D eigenvalue weighted by atomic mass is 32.1. The molecule has 8 nitrogen and oxygen atoms in total. The van der Waals surface area contributed by atoms with Gasteiger partial charge in [-0.1, -0.05) is 0 Å². The van der Waals surface area contributed by atoms with E-state index in [0.717, 1.165) is 37.4 Å². The zero-order valence-corrected chi connectivity index (χ0v) is 16.2. The number of rotatable bonds is 3. The lowest BCUT2D eigenvalue weighted by Gasteiger charge is -2.24. The Hall–Kier alpha value is -2.85. The van der Waals surface area contributed by atoms with Gasteiger partial charge in [0.05, 0.1) is 5.39 Å². The van der Waals surface area contributed by atoms with Gasteiger partial charge in [0.1, 0.15) is 11.4 Å². The third-order valence-corrected chi connectivity index (χ3v) is 6.47. The quantitative estimate of drug-likeness (QED) is 0.674. The number of thiazole rings is 1. The van der Waals surface area contributed by atoms with Crippen molar-refractivity contribution < 1.29 is 14.3 Å². The van der Waals surface area contributed by atoms with Crippen molar-refractivity contribution in [1.82, 2.24) is 19.9 Å². The number of aromatic nitrogens is 3. The second-order valence-corrected chi connectivity index (χ2v) is 8.24.